The van der Waals surface area contributed by atoms with E-state index in [9.17, 15) is 9.59 Å². The highest BCUT2D eigenvalue weighted by Gasteiger charge is 2.48. The molecule has 6 nitrogen and oxygen atoms in total. The van der Waals surface area contributed by atoms with Crippen LogP contribution in [0.25, 0.3) is 0 Å². The van der Waals surface area contributed by atoms with Gasteiger partial charge < -0.3 is 9.80 Å². The number of aryl methyl sites for hydroxylation is 2. The largest absolute Gasteiger partial charge is 0.336 e. The fraction of sp³-hybridized carbons (Fsp3) is 0.348. The van der Waals surface area contributed by atoms with Gasteiger partial charge in [0.25, 0.3) is 5.91 Å². The van der Waals surface area contributed by atoms with Crippen molar-refractivity contribution < 1.29 is 9.59 Å². The van der Waals surface area contributed by atoms with Crippen LogP contribution < -0.4 is 5.32 Å². The third-order valence-electron chi connectivity index (χ3n) is 5.52. The van der Waals surface area contributed by atoms with E-state index in [1.807, 2.05) is 18.2 Å². The van der Waals surface area contributed by atoms with Crippen molar-refractivity contribution in [2.24, 2.45) is 4.99 Å². The first-order valence-electron chi connectivity index (χ1n) is 10.2. The van der Waals surface area contributed by atoms with Crippen molar-refractivity contribution in [2.45, 2.75) is 37.7 Å². The minimum Gasteiger partial charge on any atom is -0.336 e. The van der Waals surface area contributed by atoms with Crippen LogP contribution >= 0.6 is 11.8 Å². The average molecular weight is 423 g/mol. The van der Waals surface area contributed by atoms with Gasteiger partial charge in [-0.15, -0.1) is 0 Å². The molecule has 4 rings (SSSR count). The Morgan fingerprint density at radius 3 is 2.50 bits per heavy atom. The van der Waals surface area contributed by atoms with Crippen LogP contribution in [0.4, 0.5) is 4.79 Å². The number of benzene rings is 2. The van der Waals surface area contributed by atoms with Crippen LogP contribution in [0.5, 0.6) is 0 Å². The Morgan fingerprint density at radius 1 is 1.03 bits per heavy atom. The average Bonchev–Trinajstić information content (AvgIpc) is 3.12. The van der Waals surface area contributed by atoms with Crippen LogP contribution in [-0.4, -0.2) is 52.7 Å². The lowest BCUT2D eigenvalue weighted by atomic mass is 10.1. The highest BCUT2D eigenvalue weighted by atomic mass is 32.2. The van der Waals surface area contributed by atoms with E-state index < -0.39 is 12.2 Å². The standard InChI is InChI=1S/C23H26N4O2S/c1-16-10-12-18(13-11-16)15-30-23-24-20-19(21(28)25-22(29)26(20)2)27(23)14-6-9-17-7-4-3-5-8-17/h3-5,7-8,10-13,19-20H,6,9,14-15H2,1-2H3,(H,25,28,29). The Kier molecular flexibility index (Phi) is 6.08. The summed E-state index contributed by atoms with van der Waals surface area (Å²) in [6.45, 7) is 2.79. The Hall–Kier alpha value is -2.80. The number of carbonyl (C=O) groups excluding carboxylic acids is 2. The van der Waals surface area contributed by atoms with Crippen molar-refractivity contribution in [1.82, 2.24) is 15.1 Å². The summed E-state index contributed by atoms with van der Waals surface area (Å²) < 4.78 is 0. The molecule has 3 amide bonds. The number of carbonyl (C=O) groups is 2. The zero-order chi connectivity index (χ0) is 21.1. The molecule has 2 aliphatic heterocycles. The van der Waals surface area contributed by atoms with E-state index >= 15 is 0 Å². The summed E-state index contributed by atoms with van der Waals surface area (Å²) >= 11 is 1.63. The van der Waals surface area contributed by atoms with E-state index in [0.29, 0.717) is 6.54 Å². The third kappa shape index (κ3) is 4.36. The SMILES string of the molecule is Cc1ccc(CSC2=NC3C(C(=O)NC(=O)N3C)N2CCCc2ccccc2)cc1. The van der Waals surface area contributed by atoms with Gasteiger partial charge >= 0.3 is 6.03 Å². The molecule has 7 heteroatoms. The molecule has 2 unspecified atom stereocenters. The molecule has 0 bridgehead atoms. The Bertz CT molecular complexity index is 945. The molecule has 1 fully saturated rings. The molecule has 2 aromatic carbocycles. The monoisotopic (exact) mass is 422 g/mol. The fourth-order valence-electron chi connectivity index (χ4n) is 3.79. The van der Waals surface area contributed by atoms with E-state index in [1.165, 1.54) is 21.6 Å². The molecule has 1 saturated heterocycles. The van der Waals surface area contributed by atoms with Crippen LogP contribution in [0.1, 0.15) is 23.1 Å². The second kappa shape index (κ2) is 8.92. The van der Waals surface area contributed by atoms with E-state index in [2.05, 4.69) is 53.5 Å². The molecule has 0 aliphatic carbocycles. The van der Waals surface area contributed by atoms with Gasteiger partial charge in [-0.1, -0.05) is 71.9 Å². The predicted octanol–water partition coefficient (Wildman–Crippen LogP) is 3.41. The van der Waals surface area contributed by atoms with E-state index in [-0.39, 0.29) is 11.9 Å². The summed E-state index contributed by atoms with van der Waals surface area (Å²) in [6, 6.07) is 17.9. The van der Waals surface area contributed by atoms with E-state index in [0.717, 1.165) is 23.8 Å². The third-order valence-corrected chi connectivity index (χ3v) is 6.59. The molecule has 156 valence electrons. The first-order valence-corrected chi connectivity index (χ1v) is 11.2. The summed E-state index contributed by atoms with van der Waals surface area (Å²) in [5.41, 5.74) is 3.72. The molecular formula is C23H26N4O2S. The topological polar surface area (TPSA) is 65.0 Å². The van der Waals surface area contributed by atoms with Crippen LogP contribution in [0.15, 0.2) is 59.6 Å². The summed E-state index contributed by atoms with van der Waals surface area (Å²) in [6.07, 6.45) is 1.37. The van der Waals surface area contributed by atoms with Gasteiger partial charge in [0.2, 0.25) is 0 Å². The van der Waals surface area contributed by atoms with Crippen molar-refractivity contribution >= 4 is 28.9 Å². The van der Waals surface area contributed by atoms with Crippen molar-refractivity contribution in [3.05, 3.63) is 71.3 Å². The maximum atomic E-state index is 12.6. The lowest BCUT2D eigenvalue weighted by Gasteiger charge is -2.36. The number of amides is 3. The molecule has 0 radical (unpaired) electrons. The van der Waals surface area contributed by atoms with E-state index in [4.69, 9.17) is 4.99 Å². The molecule has 1 N–H and O–H groups in total. The van der Waals surface area contributed by atoms with E-state index in [1.54, 1.807) is 18.8 Å². The first kappa shape index (κ1) is 20.5. The minimum atomic E-state index is -0.469. The molecular weight excluding hydrogens is 396 g/mol. The quantitative estimate of drug-likeness (QED) is 0.775. The van der Waals surface area contributed by atoms with Gasteiger partial charge in [-0.2, -0.15) is 0 Å². The van der Waals surface area contributed by atoms with Gasteiger partial charge in [0.05, 0.1) is 0 Å². The molecule has 0 aromatic heterocycles. The summed E-state index contributed by atoms with van der Waals surface area (Å²) in [7, 11) is 1.69. The lowest BCUT2D eigenvalue weighted by Crippen LogP contribution is -2.63. The van der Waals surface area contributed by atoms with Crippen molar-refractivity contribution in [2.75, 3.05) is 13.6 Å². The van der Waals surface area contributed by atoms with Crippen LogP contribution in [0, 0.1) is 6.92 Å². The highest BCUT2D eigenvalue weighted by Crippen LogP contribution is 2.30. The van der Waals surface area contributed by atoms with Crippen molar-refractivity contribution in [1.29, 1.82) is 0 Å². The minimum absolute atomic E-state index is 0.266. The number of urea groups is 1. The van der Waals surface area contributed by atoms with Crippen LogP contribution in [0.3, 0.4) is 0 Å². The van der Waals surface area contributed by atoms with Crippen LogP contribution in [0.2, 0.25) is 0 Å². The smallest absolute Gasteiger partial charge is 0.325 e. The molecule has 0 spiro atoms. The molecule has 2 atom stereocenters. The number of nitrogens with one attached hydrogen (secondary N) is 1. The number of rotatable bonds is 6. The number of likely N-dealkylation sites (N-methyl/N-ethyl adjacent to an activating group) is 1. The van der Waals surface area contributed by atoms with Gasteiger partial charge in [0.1, 0.15) is 0 Å². The molecule has 2 aliphatic rings. The fourth-order valence-corrected chi connectivity index (χ4v) is 4.83. The maximum Gasteiger partial charge on any atom is 0.325 e. The molecule has 2 aromatic rings. The zero-order valence-electron chi connectivity index (χ0n) is 17.2. The number of hydrogen-bond acceptors (Lipinski definition) is 5. The predicted molar refractivity (Wildman–Crippen MR) is 120 cm³/mol. The summed E-state index contributed by atoms with van der Waals surface area (Å²) in [5.74, 6) is 0.505. The summed E-state index contributed by atoms with van der Waals surface area (Å²) in [4.78, 5) is 33.1. The number of nitrogens with zero attached hydrogens (tertiary/aromatic N) is 3. The Labute approximate surface area is 181 Å². The Balaban J connectivity index is 1.48. The van der Waals surface area contributed by atoms with Crippen LogP contribution in [-0.2, 0) is 17.0 Å². The lowest BCUT2D eigenvalue weighted by molar-refractivity contribution is -0.127. The second-order valence-electron chi connectivity index (χ2n) is 7.73. The van der Waals surface area contributed by atoms with Gasteiger partial charge in [0, 0.05) is 19.3 Å². The van der Waals surface area contributed by atoms with Gasteiger partial charge in [-0.25, -0.2) is 9.79 Å². The number of hydrogen-bond donors (Lipinski definition) is 1. The molecule has 30 heavy (non-hydrogen) atoms. The number of fused-ring (bicyclic) bond motifs is 1. The zero-order valence-corrected chi connectivity index (χ0v) is 18.1. The van der Waals surface area contributed by atoms with Gasteiger partial charge in [-0.3, -0.25) is 10.1 Å². The maximum absolute atomic E-state index is 12.6. The normalized spacial score (nSPS) is 20.8. The van der Waals surface area contributed by atoms with Crippen molar-refractivity contribution in [3.8, 4) is 0 Å². The second-order valence-corrected chi connectivity index (χ2v) is 8.67. The highest BCUT2D eigenvalue weighted by molar-refractivity contribution is 8.13. The van der Waals surface area contributed by atoms with Crippen molar-refractivity contribution in [3.63, 3.8) is 0 Å². The molecule has 2 heterocycles. The number of amidine groups is 1. The number of imide groups is 1. The number of aliphatic imine (C=N–C) groups is 1. The molecule has 0 saturated carbocycles. The van der Waals surface area contributed by atoms with Gasteiger partial charge in [-0.05, 0) is 30.9 Å². The Morgan fingerprint density at radius 2 is 1.77 bits per heavy atom. The summed E-state index contributed by atoms with van der Waals surface area (Å²) in [5, 5.41) is 3.29. The van der Waals surface area contributed by atoms with Gasteiger partial charge in [0.15, 0.2) is 17.4 Å². The number of thioether (sulfide) groups is 1. The first-order chi connectivity index (χ1) is 14.5.